The Kier molecular flexibility index (Phi) is 5.59. The Balaban J connectivity index is 2.11. The van der Waals surface area contributed by atoms with Gasteiger partial charge in [0.25, 0.3) is 0 Å². The molecule has 0 radical (unpaired) electrons. The van der Waals surface area contributed by atoms with Gasteiger partial charge in [-0.15, -0.1) is 0 Å². The lowest BCUT2D eigenvalue weighted by Crippen LogP contribution is -2.55. The summed E-state index contributed by atoms with van der Waals surface area (Å²) in [7, 11) is 1.72. The number of aromatic nitrogens is 1. The molecule has 118 valence electrons. The number of ether oxygens (including phenoxy) is 1. The van der Waals surface area contributed by atoms with Crippen molar-refractivity contribution in [3.8, 4) is 5.75 Å². The van der Waals surface area contributed by atoms with Crippen LogP contribution in [0.2, 0.25) is 0 Å². The highest BCUT2D eigenvalue weighted by Crippen LogP contribution is 2.20. The van der Waals surface area contributed by atoms with Crippen LogP contribution in [0.4, 0.5) is 0 Å². The molecule has 0 amide bonds. The predicted molar refractivity (Wildman–Crippen MR) is 86.6 cm³/mol. The van der Waals surface area contributed by atoms with Gasteiger partial charge in [0, 0.05) is 49.5 Å². The number of rotatable bonds is 5. The third-order valence-electron chi connectivity index (χ3n) is 4.05. The number of methoxy groups -OCH3 is 1. The average molecular weight is 291 g/mol. The van der Waals surface area contributed by atoms with Crippen molar-refractivity contribution >= 4 is 0 Å². The lowest BCUT2D eigenvalue weighted by molar-refractivity contribution is 0.110. The molecule has 4 heteroatoms. The second-order valence-electron chi connectivity index (χ2n) is 6.66. The molecular weight excluding hydrogens is 262 g/mol. The molecule has 1 aliphatic rings. The smallest absolute Gasteiger partial charge is 0.122 e. The molecule has 2 atom stereocenters. The Morgan fingerprint density at radius 3 is 2.86 bits per heavy atom. The summed E-state index contributed by atoms with van der Waals surface area (Å²) in [6.07, 6.45) is 1.22. The summed E-state index contributed by atoms with van der Waals surface area (Å²) < 4.78 is 5.37. The zero-order valence-corrected chi connectivity index (χ0v) is 14.0. The van der Waals surface area contributed by atoms with Gasteiger partial charge in [0.2, 0.25) is 0 Å². The molecule has 1 aliphatic heterocycles. The highest BCUT2D eigenvalue weighted by Gasteiger charge is 2.26. The first-order valence-corrected chi connectivity index (χ1v) is 7.97. The van der Waals surface area contributed by atoms with Crippen LogP contribution < -0.4 is 10.1 Å². The third kappa shape index (κ3) is 4.68. The van der Waals surface area contributed by atoms with E-state index in [1.807, 2.05) is 13.0 Å². The van der Waals surface area contributed by atoms with Gasteiger partial charge >= 0.3 is 0 Å². The van der Waals surface area contributed by atoms with Crippen molar-refractivity contribution in [1.29, 1.82) is 0 Å². The first-order valence-electron chi connectivity index (χ1n) is 7.97. The van der Waals surface area contributed by atoms with Crippen molar-refractivity contribution in [3.05, 3.63) is 23.5 Å². The number of hydrogen-bond donors (Lipinski definition) is 1. The average Bonchev–Trinajstić information content (AvgIpc) is 2.40. The molecule has 1 N–H and O–H groups in total. The predicted octanol–water partition coefficient (Wildman–Crippen LogP) is 2.61. The fraction of sp³-hybridized carbons (Fsp3) is 0.706. The molecule has 0 saturated carbocycles. The van der Waals surface area contributed by atoms with Gasteiger partial charge < -0.3 is 10.1 Å². The maximum Gasteiger partial charge on any atom is 0.122 e. The quantitative estimate of drug-likeness (QED) is 0.905. The zero-order valence-electron chi connectivity index (χ0n) is 14.0. The minimum Gasteiger partial charge on any atom is -0.497 e. The van der Waals surface area contributed by atoms with E-state index in [9.17, 15) is 0 Å². The molecule has 21 heavy (non-hydrogen) atoms. The van der Waals surface area contributed by atoms with Gasteiger partial charge in [-0.05, 0) is 26.2 Å². The van der Waals surface area contributed by atoms with E-state index in [1.54, 1.807) is 7.11 Å². The normalized spacial score (nSPS) is 23.5. The molecule has 2 unspecified atom stereocenters. The molecule has 1 aromatic rings. The molecule has 2 heterocycles. The Bertz CT molecular complexity index is 461. The summed E-state index contributed by atoms with van der Waals surface area (Å²) >= 11 is 0. The van der Waals surface area contributed by atoms with Gasteiger partial charge in [-0.1, -0.05) is 13.8 Å². The van der Waals surface area contributed by atoms with Crippen LogP contribution in [0, 0.1) is 12.8 Å². The molecule has 0 bridgehead atoms. The van der Waals surface area contributed by atoms with E-state index >= 15 is 0 Å². The molecule has 2 rings (SSSR count). The number of pyridine rings is 1. The molecular formula is C17H29N3O. The van der Waals surface area contributed by atoms with Gasteiger partial charge in [-0.2, -0.15) is 0 Å². The van der Waals surface area contributed by atoms with Gasteiger partial charge in [-0.3, -0.25) is 9.88 Å². The number of nitrogens with one attached hydrogen (secondary N) is 1. The highest BCUT2D eigenvalue weighted by atomic mass is 16.5. The van der Waals surface area contributed by atoms with Crippen LogP contribution in [-0.4, -0.2) is 42.2 Å². The van der Waals surface area contributed by atoms with E-state index in [2.05, 4.69) is 42.0 Å². The summed E-state index contributed by atoms with van der Waals surface area (Å²) in [6, 6.07) is 5.18. The Morgan fingerprint density at radius 1 is 1.43 bits per heavy atom. The largest absolute Gasteiger partial charge is 0.497 e. The van der Waals surface area contributed by atoms with E-state index in [1.165, 1.54) is 6.42 Å². The summed E-state index contributed by atoms with van der Waals surface area (Å²) in [5.74, 6) is 1.62. The summed E-state index contributed by atoms with van der Waals surface area (Å²) in [5, 5.41) is 3.60. The molecule has 4 nitrogen and oxygen atoms in total. The minimum absolute atomic E-state index is 0.542. The van der Waals surface area contributed by atoms with Gasteiger partial charge in [0.1, 0.15) is 5.75 Å². The standard InChI is InChI=1S/C17H29N3O/c1-12(2)6-16-9-18-14(4)10-20(16)11-15-8-17(21-5)7-13(3)19-15/h7-8,12,14,16,18H,6,9-11H2,1-5H3. The molecule has 0 aromatic carbocycles. The van der Waals surface area contributed by atoms with Crippen molar-refractivity contribution in [2.24, 2.45) is 5.92 Å². The van der Waals surface area contributed by atoms with Crippen LogP contribution in [0.5, 0.6) is 5.75 Å². The van der Waals surface area contributed by atoms with Gasteiger partial charge in [0.05, 0.1) is 12.8 Å². The Hall–Kier alpha value is -1.13. The second kappa shape index (κ2) is 7.23. The molecule has 0 aliphatic carbocycles. The molecule has 1 saturated heterocycles. The van der Waals surface area contributed by atoms with Crippen molar-refractivity contribution in [1.82, 2.24) is 15.2 Å². The van der Waals surface area contributed by atoms with E-state index < -0.39 is 0 Å². The van der Waals surface area contributed by atoms with E-state index in [4.69, 9.17) is 4.74 Å². The Morgan fingerprint density at radius 2 is 2.19 bits per heavy atom. The SMILES string of the molecule is COc1cc(C)nc(CN2CC(C)NCC2CC(C)C)c1. The van der Waals surface area contributed by atoms with Gasteiger partial charge in [-0.25, -0.2) is 0 Å². The van der Waals surface area contributed by atoms with Gasteiger partial charge in [0.15, 0.2) is 0 Å². The van der Waals surface area contributed by atoms with Crippen LogP contribution in [0.1, 0.15) is 38.6 Å². The number of piperazine rings is 1. The van der Waals surface area contributed by atoms with Crippen LogP contribution in [0.3, 0.4) is 0 Å². The number of nitrogens with zero attached hydrogens (tertiary/aromatic N) is 2. The third-order valence-corrected chi connectivity index (χ3v) is 4.05. The van der Waals surface area contributed by atoms with E-state index in [-0.39, 0.29) is 0 Å². The topological polar surface area (TPSA) is 37.4 Å². The lowest BCUT2D eigenvalue weighted by Gasteiger charge is -2.40. The maximum atomic E-state index is 5.37. The van der Waals surface area contributed by atoms with Crippen LogP contribution >= 0.6 is 0 Å². The van der Waals surface area contributed by atoms with Crippen molar-refractivity contribution in [2.45, 2.75) is 52.7 Å². The van der Waals surface area contributed by atoms with Crippen molar-refractivity contribution in [3.63, 3.8) is 0 Å². The zero-order chi connectivity index (χ0) is 15.4. The number of hydrogen-bond acceptors (Lipinski definition) is 4. The first-order chi connectivity index (χ1) is 9.97. The van der Waals surface area contributed by atoms with Crippen LogP contribution in [0.15, 0.2) is 12.1 Å². The fourth-order valence-corrected chi connectivity index (χ4v) is 3.11. The minimum atomic E-state index is 0.542. The lowest BCUT2D eigenvalue weighted by atomic mass is 9.99. The second-order valence-corrected chi connectivity index (χ2v) is 6.66. The molecule has 0 spiro atoms. The summed E-state index contributed by atoms with van der Waals surface area (Å²) in [5.41, 5.74) is 2.13. The first kappa shape index (κ1) is 16.2. The molecule has 1 aromatic heterocycles. The van der Waals surface area contributed by atoms with Crippen LogP contribution in [-0.2, 0) is 6.54 Å². The highest BCUT2D eigenvalue weighted by molar-refractivity contribution is 5.26. The number of aryl methyl sites for hydroxylation is 1. The van der Waals surface area contributed by atoms with Crippen molar-refractivity contribution in [2.75, 3.05) is 20.2 Å². The van der Waals surface area contributed by atoms with Crippen molar-refractivity contribution < 1.29 is 4.74 Å². The monoisotopic (exact) mass is 291 g/mol. The van der Waals surface area contributed by atoms with E-state index in [0.717, 1.165) is 36.8 Å². The van der Waals surface area contributed by atoms with Crippen LogP contribution in [0.25, 0.3) is 0 Å². The summed E-state index contributed by atoms with van der Waals surface area (Å²) in [6.45, 7) is 11.9. The fourth-order valence-electron chi connectivity index (χ4n) is 3.11. The van der Waals surface area contributed by atoms with E-state index in [0.29, 0.717) is 18.0 Å². The molecule has 1 fully saturated rings. The Labute approximate surface area is 128 Å². The maximum absolute atomic E-state index is 5.37. The summed E-state index contributed by atoms with van der Waals surface area (Å²) in [4.78, 5) is 7.24.